The molecule has 2 aromatic rings. The third-order valence-electron chi connectivity index (χ3n) is 3.18. The van der Waals surface area contributed by atoms with Crippen LogP contribution in [0, 0.1) is 0 Å². The van der Waals surface area contributed by atoms with Crippen molar-refractivity contribution in [3.8, 4) is 0 Å². The SMILES string of the molecule is CSCC[C@H](C(=O)NCCc1ncn(C)n1)n1cccc1. The Labute approximate surface area is 128 Å². The van der Waals surface area contributed by atoms with Gasteiger partial charge in [0.25, 0.3) is 0 Å². The first kappa shape index (κ1) is 15.6. The molecule has 21 heavy (non-hydrogen) atoms. The van der Waals surface area contributed by atoms with Crippen LogP contribution in [-0.4, -0.2) is 43.8 Å². The second-order valence-electron chi connectivity index (χ2n) is 4.80. The van der Waals surface area contributed by atoms with E-state index in [-0.39, 0.29) is 11.9 Å². The smallest absolute Gasteiger partial charge is 0.243 e. The quantitative estimate of drug-likeness (QED) is 0.797. The van der Waals surface area contributed by atoms with Gasteiger partial charge in [-0.05, 0) is 30.6 Å². The first-order chi connectivity index (χ1) is 10.2. The maximum Gasteiger partial charge on any atom is 0.243 e. The Hall–Kier alpha value is -1.76. The number of carbonyl (C=O) groups excluding carboxylic acids is 1. The summed E-state index contributed by atoms with van der Waals surface area (Å²) in [5.74, 6) is 1.76. The van der Waals surface area contributed by atoms with Crippen molar-refractivity contribution in [2.75, 3.05) is 18.6 Å². The van der Waals surface area contributed by atoms with E-state index >= 15 is 0 Å². The van der Waals surface area contributed by atoms with Gasteiger partial charge < -0.3 is 9.88 Å². The number of aromatic nitrogens is 4. The van der Waals surface area contributed by atoms with Crippen molar-refractivity contribution in [1.82, 2.24) is 24.6 Å². The predicted octanol–water partition coefficient (Wildman–Crippen LogP) is 1.27. The monoisotopic (exact) mass is 307 g/mol. The zero-order valence-corrected chi connectivity index (χ0v) is 13.2. The second kappa shape index (κ2) is 7.87. The summed E-state index contributed by atoms with van der Waals surface area (Å²) < 4.78 is 3.63. The minimum Gasteiger partial charge on any atom is -0.354 e. The van der Waals surface area contributed by atoms with Gasteiger partial charge in [-0.15, -0.1) is 0 Å². The fraction of sp³-hybridized carbons (Fsp3) is 0.500. The van der Waals surface area contributed by atoms with Crippen molar-refractivity contribution in [3.05, 3.63) is 36.7 Å². The number of thioether (sulfide) groups is 1. The summed E-state index contributed by atoms with van der Waals surface area (Å²) >= 11 is 1.75. The van der Waals surface area contributed by atoms with Gasteiger partial charge in [0.05, 0.1) is 0 Å². The third-order valence-corrected chi connectivity index (χ3v) is 3.82. The highest BCUT2D eigenvalue weighted by molar-refractivity contribution is 7.98. The van der Waals surface area contributed by atoms with Gasteiger partial charge in [0.1, 0.15) is 12.4 Å². The Bertz CT molecular complexity index is 551. The molecule has 0 aliphatic carbocycles. The topological polar surface area (TPSA) is 64.7 Å². The van der Waals surface area contributed by atoms with E-state index in [2.05, 4.69) is 21.7 Å². The zero-order valence-electron chi connectivity index (χ0n) is 12.4. The first-order valence-electron chi connectivity index (χ1n) is 6.94. The zero-order chi connectivity index (χ0) is 15.1. The minimum absolute atomic E-state index is 0.0520. The van der Waals surface area contributed by atoms with Crippen molar-refractivity contribution in [3.63, 3.8) is 0 Å². The lowest BCUT2D eigenvalue weighted by molar-refractivity contribution is -0.124. The average Bonchev–Trinajstić information content (AvgIpc) is 3.11. The molecule has 0 fully saturated rings. The Morgan fingerprint density at radius 1 is 1.43 bits per heavy atom. The number of amides is 1. The van der Waals surface area contributed by atoms with Crippen molar-refractivity contribution in [2.45, 2.75) is 18.9 Å². The molecule has 0 saturated heterocycles. The van der Waals surface area contributed by atoms with Gasteiger partial charge in [0.2, 0.25) is 5.91 Å². The molecule has 0 spiro atoms. The predicted molar refractivity (Wildman–Crippen MR) is 84.2 cm³/mol. The van der Waals surface area contributed by atoms with Crippen molar-refractivity contribution >= 4 is 17.7 Å². The fourth-order valence-electron chi connectivity index (χ4n) is 2.11. The summed E-state index contributed by atoms with van der Waals surface area (Å²) in [6, 6.07) is 3.73. The number of hydrogen-bond acceptors (Lipinski definition) is 4. The molecule has 114 valence electrons. The number of rotatable bonds is 8. The first-order valence-corrected chi connectivity index (χ1v) is 8.33. The molecule has 0 bridgehead atoms. The Kier molecular flexibility index (Phi) is 5.86. The molecule has 1 amide bonds. The molecule has 2 aromatic heterocycles. The average molecular weight is 307 g/mol. The molecule has 0 aliphatic heterocycles. The molecule has 0 saturated carbocycles. The van der Waals surface area contributed by atoms with E-state index in [1.807, 2.05) is 36.1 Å². The van der Waals surface area contributed by atoms with Crippen LogP contribution in [0.3, 0.4) is 0 Å². The van der Waals surface area contributed by atoms with Crippen LogP contribution in [0.25, 0.3) is 0 Å². The van der Waals surface area contributed by atoms with E-state index in [4.69, 9.17) is 0 Å². The third kappa shape index (κ3) is 4.63. The summed E-state index contributed by atoms with van der Waals surface area (Å²) in [6.07, 6.45) is 9.06. The molecule has 0 unspecified atom stereocenters. The van der Waals surface area contributed by atoms with Crippen LogP contribution in [-0.2, 0) is 18.3 Å². The molecule has 2 rings (SSSR count). The fourth-order valence-corrected chi connectivity index (χ4v) is 2.57. The second-order valence-corrected chi connectivity index (χ2v) is 5.79. The molecule has 1 N–H and O–H groups in total. The van der Waals surface area contributed by atoms with Gasteiger partial charge in [-0.2, -0.15) is 16.9 Å². The number of nitrogens with one attached hydrogen (secondary N) is 1. The number of hydrogen-bond donors (Lipinski definition) is 1. The number of nitrogens with zero attached hydrogens (tertiary/aromatic N) is 4. The van der Waals surface area contributed by atoms with E-state index in [1.165, 1.54) is 0 Å². The standard InChI is InChI=1S/C14H21N5OS/c1-18-11-16-13(17-18)5-7-15-14(20)12(6-10-21-2)19-8-3-4-9-19/h3-4,8-9,11-12H,5-7,10H2,1-2H3,(H,15,20)/t12-/m1/s1. The number of carbonyl (C=O) groups is 1. The summed E-state index contributed by atoms with van der Waals surface area (Å²) in [5.41, 5.74) is 0. The lowest BCUT2D eigenvalue weighted by Crippen LogP contribution is -2.34. The van der Waals surface area contributed by atoms with E-state index in [1.54, 1.807) is 22.8 Å². The molecular weight excluding hydrogens is 286 g/mol. The number of aryl methyl sites for hydroxylation is 1. The van der Waals surface area contributed by atoms with Gasteiger partial charge in [-0.3, -0.25) is 9.48 Å². The van der Waals surface area contributed by atoms with Crippen molar-refractivity contribution < 1.29 is 4.79 Å². The van der Waals surface area contributed by atoms with Crippen LogP contribution >= 0.6 is 11.8 Å². The van der Waals surface area contributed by atoms with Crippen molar-refractivity contribution in [2.24, 2.45) is 7.05 Å². The molecule has 6 nitrogen and oxygen atoms in total. The molecule has 2 heterocycles. The van der Waals surface area contributed by atoms with E-state index in [0.29, 0.717) is 13.0 Å². The lowest BCUT2D eigenvalue weighted by Gasteiger charge is -2.18. The van der Waals surface area contributed by atoms with E-state index in [9.17, 15) is 4.79 Å². The summed E-state index contributed by atoms with van der Waals surface area (Å²) in [7, 11) is 1.83. The van der Waals surface area contributed by atoms with Crippen LogP contribution in [0.4, 0.5) is 0 Å². The van der Waals surface area contributed by atoms with Crippen LogP contribution in [0.5, 0.6) is 0 Å². The van der Waals surface area contributed by atoms with Crippen LogP contribution in [0.1, 0.15) is 18.3 Å². The molecule has 0 radical (unpaired) electrons. The molecule has 7 heteroatoms. The largest absolute Gasteiger partial charge is 0.354 e. The van der Waals surface area contributed by atoms with Crippen LogP contribution in [0.15, 0.2) is 30.9 Å². The van der Waals surface area contributed by atoms with Crippen LogP contribution < -0.4 is 5.32 Å². The summed E-state index contributed by atoms with van der Waals surface area (Å²) in [4.78, 5) is 16.5. The van der Waals surface area contributed by atoms with Gasteiger partial charge in [0.15, 0.2) is 5.82 Å². The van der Waals surface area contributed by atoms with Gasteiger partial charge in [0, 0.05) is 32.4 Å². The molecule has 0 aliphatic rings. The molecular formula is C14H21N5OS. The highest BCUT2D eigenvalue weighted by Gasteiger charge is 2.18. The summed E-state index contributed by atoms with van der Waals surface area (Å²) in [5, 5.41) is 7.18. The molecule has 1 atom stereocenters. The molecule has 0 aromatic carbocycles. The van der Waals surface area contributed by atoms with Gasteiger partial charge >= 0.3 is 0 Å². The Morgan fingerprint density at radius 2 is 2.19 bits per heavy atom. The highest BCUT2D eigenvalue weighted by Crippen LogP contribution is 2.15. The van der Waals surface area contributed by atoms with E-state index < -0.39 is 0 Å². The Morgan fingerprint density at radius 3 is 2.81 bits per heavy atom. The highest BCUT2D eigenvalue weighted by atomic mass is 32.2. The Balaban J connectivity index is 1.86. The maximum atomic E-state index is 12.4. The minimum atomic E-state index is -0.149. The maximum absolute atomic E-state index is 12.4. The van der Waals surface area contributed by atoms with Gasteiger partial charge in [-0.1, -0.05) is 0 Å². The normalized spacial score (nSPS) is 12.3. The van der Waals surface area contributed by atoms with Gasteiger partial charge in [-0.25, -0.2) is 4.98 Å². The summed E-state index contributed by atoms with van der Waals surface area (Å²) in [6.45, 7) is 0.555. The van der Waals surface area contributed by atoms with Crippen LogP contribution in [0.2, 0.25) is 0 Å². The lowest BCUT2D eigenvalue weighted by atomic mass is 10.2. The van der Waals surface area contributed by atoms with E-state index in [0.717, 1.165) is 18.0 Å². The van der Waals surface area contributed by atoms with Crippen molar-refractivity contribution in [1.29, 1.82) is 0 Å².